The van der Waals surface area contributed by atoms with E-state index in [9.17, 15) is 14.4 Å². The average Bonchev–Trinajstić information content (AvgIpc) is 3.31. The van der Waals surface area contributed by atoms with Crippen LogP contribution in [0.15, 0.2) is 35.1 Å². The molecule has 29 heavy (non-hydrogen) atoms. The normalized spacial score (nSPS) is 14.2. The van der Waals surface area contributed by atoms with Gasteiger partial charge in [0.15, 0.2) is 0 Å². The van der Waals surface area contributed by atoms with Crippen LogP contribution < -0.4 is 16.6 Å². The summed E-state index contributed by atoms with van der Waals surface area (Å²) >= 11 is 1.41. The highest BCUT2D eigenvalue weighted by Gasteiger charge is 2.17. The summed E-state index contributed by atoms with van der Waals surface area (Å²) in [5.41, 5.74) is 6.19. The number of aromatic amines is 1. The number of H-pyrrole nitrogens is 1. The minimum absolute atomic E-state index is 0.0314. The fourth-order valence-corrected chi connectivity index (χ4v) is 3.90. The lowest BCUT2D eigenvalue weighted by molar-refractivity contribution is -0.139. The second kappa shape index (κ2) is 9.48. The maximum atomic E-state index is 11.9. The first kappa shape index (κ1) is 20.7. The number of benzene rings is 1. The molecule has 1 saturated heterocycles. The highest BCUT2D eigenvalue weighted by molar-refractivity contribution is 7.20. The van der Waals surface area contributed by atoms with Crippen molar-refractivity contribution in [3.8, 4) is 5.13 Å². The molecule has 2 aromatic heterocycles. The Morgan fingerprint density at radius 2 is 2.03 bits per heavy atom. The fraction of sp³-hybridized carbons (Fsp3) is 0.368. The Labute approximate surface area is 170 Å². The number of fused-ring (bicyclic) bond motifs is 1. The monoisotopic (exact) mass is 417 g/mol. The zero-order valence-electron chi connectivity index (χ0n) is 16.0. The van der Waals surface area contributed by atoms with E-state index in [2.05, 4.69) is 20.1 Å². The Morgan fingerprint density at radius 3 is 2.66 bits per heavy atom. The SMILES string of the molecule is COC(=O)Cc1cc(=O)n(-c2nc3ccccc3s2)[nH]1.NC(=O)C1CCNCC1. The Kier molecular flexibility index (Phi) is 6.78. The number of ether oxygens (including phenoxy) is 1. The van der Waals surface area contributed by atoms with Crippen LogP contribution in [0.4, 0.5) is 0 Å². The van der Waals surface area contributed by atoms with E-state index < -0.39 is 5.97 Å². The van der Waals surface area contributed by atoms with Gasteiger partial charge in [-0.2, -0.15) is 4.68 Å². The number of thiazole rings is 1. The van der Waals surface area contributed by atoms with Crippen LogP contribution in [0, 0.1) is 5.92 Å². The molecule has 1 fully saturated rings. The van der Waals surface area contributed by atoms with E-state index in [1.54, 1.807) is 0 Å². The summed E-state index contributed by atoms with van der Waals surface area (Å²) in [6.07, 6.45) is 1.86. The van der Waals surface area contributed by atoms with Crippen molar-refractivity contribution in [2.24, 2.45) is 11.7 Å². The number of nitrogens with one attached hydrogen (secondary N) is 2. The highest BCUT2D eigenvalue weighted by atomic mass is 32.1. The number of para-hydroxylation sites is 1. The standard InChI is InChI=1S/C13H11N3O3S.C6H12N2O/c1-19-12(18)7-8-6-11(17)16(15-8)13-14-9-4-2-3-5-10(9)20-13;7-6(9)5-1-3-8-4-2-5/h2-6,15H,7H2,1H3;5,8H,1-4H2,(H2,7,9). The molecule has 0 radical (unpaired) electrons. The van der Waals surface area contributed by atoms with Gasteiger partial charge in [-0.25, -0.2) is 4.98 Å². The first-order valence-electron chi connectivity index (χ1n) is 9.21. The number of aromatic nitrogens is 3. The lowest BCUT2D eigenvalue weighted by atomic mass is 9.98. The van der Waals surface area contributed by atoms with Crippen molar-refractivity contribution in [2.75, 3.05) is 20.2 Å². The molecule has 1 amide bonds. The second-order valence-electron chi connectivity index (χ2n) is 6.60. The first-order valence-corrected chi connectivity index (χ1v) is 10.0. The van der Waals surface area contributed by atoms with Crippen LogP contribution in [-0.4, -0.2) is 46.8 Å². The largest absolute Gasteiger partial charge is 0.469 e. The maximum Gasteiger partial charge on any atom is 0.311 e. The number of hydrogen-bond donors (Lipinski definition) is 3. The van der Waals surface area contributed by atoms with Gasteiger partial charge in [-0.1, -0.05) is 23.5 Å². The number of methoxy groups -OCH3 is 1. The molecule has 1 aromatic carbocycles. The number of carbonyl (C=O) groups excluding carboxylic acids is 2. The van der Waals surface area contributed by atoms with Crippen molar-refractivity contribution in [1.82, 2.24) is 20.1 Å². The third-order valence-electron chi connectivity index (χ3n) is 4.55. The number of hydrogen-bond acceptors (Lipinski definition) is 7. The summed E-state index contributed by atoms with van der Waals surface area (Å²) in [5.74, 6) is -0.412. The highest BCUT2D eigenvalue weighted by Crippen LogP contribution is 2.23. The summed E-state index contributed by atoms with van der Waals surface area (Å²) in [5, 5.41) is 6.59. The van der Waals surface area contributed by atoms with E-state index in [0.717, 1.165) is 36.1 Å². The van der Waals surface area contributed by atoms with Crippen molar-refractivity contribution in [1.29, 1.82) is 0 Å². The number of nitrogens with two attached hydrogens (primary N) is 1. The summed E-state index contributed by atoms with van der Waals surface area (Å²) in [6, 6.07) is 9.03. The van der Waals surface area contributed by atoms with Crippen LogP contribution in [-0.2, 0) is 20.7 Å². The Morgan fingerprint density at radius 1 is 1.31 bits per heavy atom. The Hall–Kier alpha value is -2.98. The van der Waals surface area contributed by atoms with Gasteiger partial charge in [0.05, 0.1) is 23.7 Å². The zero-order chi connectivity index (χ0) is 20.8. The van der Waals surface area contributed by atoms with Gasteiger partial charge in [-0.15, -0.1) is 0 Å². The van der Waals surface area contributed by atoms with Crippen molar-refractivity contribution in [2.45, 2.75) is 19.3 Å². The predicted octanol–water partition coefficient (Wildman–Crippen LogP) is 0.962. The van der Waals surface area contributed by atoms with Crippen molar-refractivity contribution in [3.63, 3.8) is 0 Å². The van der Waals surface area contributed by atoms with E-state index in [1.165, 1.54) is 29.2 Å². The van der Waals surface area contributed by atoms with Gasteiger partial charge in [-0.05, 0) is 38.1 Å². The number of carbonyl (C=O) groups is 2. The van der Waals surface area contributed by atoms with Crippen LogP contribution in [0.25, 0.3) is 15.3 Å². The molecule has 1 aliphatic rings. The molecule has 0 aliphatic carbocycles. The number of amides is 1. The number of nitrogens with zero attached hydrogens (tertiary/aromatic N) is 2. The molecule has 0 unspecified atom stereocenters. The zero-order valence-corrected chi connectivity index (χ0v) is 16.8. The molecule has 0 spiro atoms. The Balaban J connectivity index is 0.000000224. The van der Waals surface area contributed by atoms with Gasteiger partial charge in [0.25, 0.3) is 5.56 Å². The molecule has 1 aliphatic heterocycles. The van der Waals surface area contributed by atoms with E-state index in [1.807, 2.05) is 24.3 Å². The maximum absolute atomic E-state index is 11.9. The van der Waals surface area contributed by atoms with Gasteiger partial charge in [0, 0.05) is 17.7 Å². The summed E-state index contributed by atoms with van der Waals surface area (Å²) in [6.45, 7) is 1.88. The van der Waals surface area contributed by atoms with Crippen molar-refractivity contribution < 1.29 is 14.3 Å². The molecule has 3 aromatic rings. The van der Waals surface area contributed by atoms with Gasteiger partial charge < -0.3 is 15.8 Å². The molecule has 3 heterocycles. The molecule has 4 rings (SSSR count). The summed E-state index contributed by atoms with van der Waals surface area (Å²) in [7, 11) is 1.31. The van der Waals surface area contributed by atoms with Crippen LogP contribution in [0.2, 0.25) is 0 Å². The molecule has 4 N–H and O–H groups in total. The van der Waals surface area contributed by atoms with Crippen LogP contribution in [0.1, 0.15) is 18.5 Å². The predicted molar refractivity (Wildman–Crippen MR) is 110 cm³/mol. The number of esters is 1. The average molecular weight is 417 g/mol. The van der Waals surface area contributed by atoms with E-state index >= 15 is 0 Å². The van der Waals surface area contributed by atoms with Crippen molar-refractivity contribution in [3.05, 3.63) is 46.4 Å². The molecular formula is C19H23N5O4S. The lowest BCUT2D eigenvalue weighted by Gasteiger charge is -2.18. The van der Waals surface area contributed by atoms with Crippen LogP contribution >= 0.6 is 11.3 Å². The lowest BCUT2D eigenvalue weighted by Crippen LogP contribution is -2.34. The molecule has 9 nitrogen and oxygen atoms in total. The van der Waals surface area contributed by atoms with E-state index in [4.69, 9.17) is 5.73 Å². The third-order valence-corrected chi connectivity index (χ3v) is 5.57. The van der Waals surface area contributed by atoms with Gasteiger partial charge >= 0.3 is 5.97 Å². The van der Waals surface area contributed by atoms with Crippen LogP contribution in [0.3, 0.4) is 0 Å². The number of primary amides is 1. The first-order chi connectivity index (χ1) is 14.0. The number of rotatable bonds is 4. The number of piperidine rings is 1. The van der Waals surface area contributed by atoms with Gasteiger partial charge in [0.1, 0.15) is 0 Å². The molecule has 154 valence electrons. The summed E-state index contributed by atoms with van der Waals surface area (Å²) in [4.78, 5) is 38.1. The second-order valence-corrected chi connectivity index (χ2v) is 7.61. The van der Waals surface area contributed by atoms with E-state index in [0.29, 0.717) is 10.8 Å². The minimum Gasteiger partial charge on any atom is -0.469 e. The molecule has 0 bridgehead atoms. The topological polar surface area (TPSA) is 132 Å². The molecular weight excluding hydrogens is 394 g/mol. The fourth-order valence-electron chi connectivity index (χ4n) is 2.97. The molecule has 10 heteroatoms. The Bertz CT molecular complexity index is 1020. The van der Waals surface area contributed by atoms with Gasteiger partial charge in [0.2, 0.25) is 11.0 Å². The van der Waals surface area contributed by atoms with E-state index in [-0.39, 0.29) is 23.8 Å². The molecule has 0 saturated carbocycles. The van der Waals surface area contributed by atoms with Crippen molar-refractivity contribution >= 4 is 33.4 Å². The molecule has 0 atom stereocenters. The third kappa shape index (κ3) is 5.30. The quantitative estimate of drug-likeness (QED) is 0.542. The smallest absolute Gasteiger partial charge is 0.311 e. The summed E-state index contributed by atoms with van der Waals surface area (Å²) < 4.78 is 6.91. The van der Waals surface area contributed by atoms with Crippen LogP contribution in [0.5, 0.6) is 0 Å². The van der Waals surface area contributed by atoms with Gasteiger partial charge in [-0.3, -0.25) is 19.5 Å². The minimum atomic E-state index is -0.400.